The highest BCUT2D eigenvalue weighted by atomic mass is 16.3. The topological polar surface area (TPSA) is 75.3 Å². The molecule has 0 fully saturated rings. The summed E-state index contributed by atoms with van der Waals surface area (Å²) in [6, 6.07) is 0. The van der Waals surface area contributed by atoms with Gasteiger partial charge in [0.05, 0.1) is 12.5 Å². The summed E-state index contributed by atoms with van der Waals surface area (Å²) in [5, 5.41) is 8.84. The van der Waals surface area contributed by atoms with Gasteiger partial charge in [0.25, 0.3) is 0 Å². The van der Waals surface area contributed by atoms with Crippen molar-refractivity contribution in [1.82, 2.24) is 5.43 Å². The number of rotatable bonds is 3. The number of carbonyl (C=O) groups is 1. The van der Waals surface area contributed by atoms with Gasteiger partial charge in [0, 0.05) is 0 Å². The Hall–Kier alpha value is -0.610. The Bertz CT molecular complexity index is 95.0. The second-order valence-electron chi connectivity index (χ2n) is 1.83. The van der Waals surface area contributed by atoms with E-state index in [-0.39, 0.29) is 12.3 Å². The maximum atomic E-state index is 10.4. The van der Waals surface area contributed by atoms with Crippen LogP contribution in [0.25, 0.3) is 0 Å². The van der Waals surface area contributed by atoms with Crippen LogP contribution in [-0.2, 0) is 4.79 Å². The molecular weight excluding hydrogens is 120 g/mol. The molecule has 0 aromatic rings. The van der Waals surface area contributed by atoms with Gasteiger partial charge in [-0.3, -0.25) is 10.2 Å². The lowest BCUT2D eigenvalue weighted by Gasteiger charge is -2.03. The van der Waals surface area contributed by atoms with Gasteiger partial charge in [-0.05, 0) is 6.42 Å². The van der Waals surface area contributed by atoms with E-state index in [4.69, 9.17) is 10.9 Å². The smallest absolute Gasteiger partial charge is 0.236 e. The fraction of sp³-hybridized carbons (Fsp3) is 0.800. The second-order valence-corrected chi connectivity index (χ2v) is 1.83. The molecule has 0 aliphatic rings. The Kier molecular flexibility index (Phi) is 4.00. The zero-order valence-corrected chi connectivity index (χ0v) is 5.42. The highest BCUT2D eigenvalue weighted by molar-refractivity contribution is 5.75. The number of aliphatic hydroxyl groups is 1. The predicted octanol–water partition coefficient (Wildman–Crippen LogP) is -0.863. The normalized spacial score (nSPS) is 12.8. The molecule has 4 nitrogen and oxygen atoms in total. The summed E-state index contributed by atoms with van der Waals surface area (Å²) in [7, 11) is 0. The highest BCUT2D eigenvalue weighted by Crippen LogP contribution is 1.94. The Labute approximate surface area is 54.0 Å². The van der Waals surface area contributed by atoms with E-state index in [2.05, 4.69) is 0 Å². The fourth-order valence-electron chi connectivity index (χ4n) is 0.417. The molecule has 0 rings (SSSR count). The molecule has 4 heteroatoms. The molecule has 0 unspecified atom stereocenters. The van der Waals surface area contributed by atoms with Crippen LogP contribution in [0.15, 0.2) is 0 Å². The third-order valence-electron chi connectivity index (χ3n) is 1.05. The maximum absolute atomic E-state index is 10.4. The van der Waals surface area contributed by atoms with Gasteiger partial charge < -0.3 is 5.11 Å². The van der Waals surface area contributed by atoms with E-state index in [9.17, 15) is 4.79 Å². The van der Waals surface area contributed by atoms with Crippen molar-refractivity contribution in [3.63, 3.8) is 0 Å². The summed E-state index contributed by atoms with van der Waals surface area (Å²) in [6.07, 6.45) is 0.106. The van der Waals surface area contributed by atoms with Gasteiger partial charge in [-0.25, -0.2) is 5.84 Å². The largest absolute Gasteiger partial charge is 0.393 e. The quantitative estimate of drug-likeness (QED) is 0.265. The molecule has 0 saturated carbocycles. The van der Waals surface area contributed by atoms with Crippen LogP contribution in [0.2, 0.25) is 0 Å². The van der Waals surface area contributed by atoms with Gasteiger partial charge in [-0.2, -0.15) is 0 Å². The fourth-order valence-corrected chi connectivity index (χ4v) is 0.417. The van der Waals surface area contributed by atoms with Crippen LogP contribution in [0.3, 0.4) is 0 Å². The molecule has 0 bridgehead atoms. The van der Waals surface area contributed by atoms with Crippen LogP contribution in [0.1, 0.15) is 19.8 Å². The average Bonchev–Trinajstić information content (AvgIpc) is 1.87. The zero-order chi connectivity index (χ0) is 7.28. The van der Waals surface area contributed by atoms with E-state index in [0.29, 0.717) is 6.42 Å². The van der Waals surface area contributed by atoms with Crippen molar-refractivity contribution in [1.29, 1.82) is 0 Å². The third-order valence-corrected chi connectivity index (χ3v) is 1.05. The second kappa shape index (κ2) is 4.29. The Morgan fingerprint density at radius 2 is 2.44 bits per heavy atom. The van der Waals surface area contributed by atoms with E-state index in [0.717, 1.165) is 0 Å². The van der Waals surface area contributed by atoms with Gasteiger partial charge in [0.1, 0.15) is 0 Å². The SMILES string of the molecule is CC[C@@H](O)CC(=O)NN. The van der Waals surface area contributed by atoms with Gasteiger partial charge in [0.2, 0.25) is 5.91 Å². The van der Waals surface area contributed by atoms with Crippen molar-refractivity contribution in [2.24, 2.45) is 5.84 Å². The molecule has 54 valence electrons. The van der Waals surface area contributed by atoms with Crippen molar-refractivity contribution in [3.8, 4) is 0 Å². The van der Waals surface area contributed by atoms with E-state index in [1.54, 1.807) is 6.92 Å². The molecule has 1 amide bonds. The molecule has 0 aliphatic carbocycles. The minimum atomic E-state index is -0.562. The number of hydrazine groups is 1. The maximum Gasteiger partial charge on any atom is 0.236 e. The Morgan fingerprint density at radius 1 is 1.89 bits per heavy atom. The number of hydrogen-bond donors (Lipinski definition) is 3. The molecule has 0 radical (unpaired) electrons. The van der Waals surface area contributed by atoms with Crippen LogP contribution >= 0.6 is 0 Å². The average molecular weight is 132 g/mol. The summed E-state index contributed by atoms with van der Waals surface area (Å²) in [5.74, 6) is 4.44. The monoisotopic (exact) mass is 132 g/mol. The lowest BCUT2D eigenvalue weighted by Crippen LogP contribution is -2.32. The number of aliphatic hydroxyl groups excluding tert-OH is 1. The molecule has 1 atom stereocenters. The van der Waals surface area contributed by atoms with Crippen molar-refractivity contribution < 1.29 is 9.90 Å². The summed E-state index contributed by atoms with van der Waals surface area (Å²) in [6.45, 7) is 1.80. The number of nitrogens with one attached hydrogen (secondary N) is 1. The van der Waals surface area contributed by atoms with Crippen LogP contribution in [0.4, 0.5) is 0 Å². The van der Waals surface area contributed by atoms with E-state index in [1.807, 2.05) is 5.43 Å². The van der Waals surface area contributed by atoms with Crippen molar-refractivity contribution >= 4 is 5.91 Å². The number of carbonyl (C=O) groups excluding carboxylic acids is 1. The van der Waals surface area contributed by atoms with Gasteiger partial charge >= 0.3 is 0 Å². The first-order valence-electron chi connectivity index (χ1n) is 2.88. The van der Waals surface area contributed by atoms with Crippen molar-refractivity contribution in [2.45, 2.75) is 25.9 Å². The van der Waals surface area contributed by atoms with Crippen LogP contribution < -0.4 is 11.3 Å². The predicted molar refractivity (Wildman–Crippen MR) is 33.2 cm³/mol. The molecule has 0 aromatic heterocycles. The summed E-state index contributed by atoms with van der Waals surface area (Å²) < 4.78 is 0. The number of amides is 1. The van der Waals surface area contributed by atoms with E-state index < -0.39 is 6.10 Å². The first kappa shape index (κ1) is 8.39. The summed E-state index contributed by atoms with van der Waals surface area (Å²) in [4.78, 5) is 10.4. The minimum Gasteiger partial charge on any atom is -0.393 e. The first-order chi connectivity index (χ1) is 4.20. The van der Waals surface area contributed by atoms with Gasteiger partial charge in [-0.15, -0.1) is 0 Å². The van der Waals surface area contributed by atoms with Crippen LogP contribution in [0, 0.1) is 0 Å². The van der Waals surface area contributed by atoms with Crippen molar-refractivity contribution in [3.05, 3.63) is 0 Å². The Morgan fingerprint density at radius 3 is 2.78 bits per heavy atom. The first-order valence-corrected chi connectivity index (χ1v) is 2.88. The third kappa shape index (κ3) is 3.93. The lowest BCUT2D eigenvalue weighted by molar-refractivity contribution is -0.123. The van der Waals surface area contributed by atoms with E-state index >= 15 is 0 Å². The molecule has 9 heavy (non-hydrogen) atoms. The Balaban J connectivity index is 3.34. The minimum absolute atomic E-state index is 0.0903. The summed E-state index contributed by atoms with van der Waals surface area (Å²) >= 11 is 0. The van der Waals surface area contributed by atoms with Gasteiger partial charge in [0.15, 0.2) is 0 Å². The molecule has 0 spiro atoms. The number of nitrogens with two attached hydrogens (primary N) is 1. The van der Waals surface area contributed by atoms with Crippen LogP contribution in [-0.4, -0.2) is 17.1 Å². The summed E-state index contributed by atoms with van der Waals surface area (Å²) in [5.41, 5.74) is 1.93. The molecular formula is C5H12N2O2. The zero-order valence-electron chi connectivity index (χ0n) is 5.42. The molecule has 0 aliphatic heterocycles. The van der Waals surface area contributed by atoms with Crippen LogP contribution in [0.5, 0.6) is 0 Å². The van der Waals surface area contributed by atoms with E-state index in [1.165, 1.54) is 0 Å². The standard InChI is InChI=1S/C5H12N2O2/c1-2-4(8)3-5(9)7-6/h4,8H,2-3,6H2,1H3,(H,7,9)/t4-/m1/s1. The molecule has 0 saturated heterocycles. The molecule has 0 aromatic carbocycles. The number of hydrogen-bond acceptors (Lipinski definition) is 3. The molecule has 4 N–H and O–H groups in total. The lowest BCUT2D eigenvalue weighted by atomic mass is 10.2. The highest BCUT2D eigenvalue weighted by Gasteiger charge is 2.05. The van der Waals surface area contributed by atoms with Gasteiger partial charge in [-0.1, -0.05) is 6.92 Å². The molecule has 0 heterocycles. The van der Waals surface area contributed by atoms with Crippen molar-refractivity contribution in [2.75, 3.05) is 0 Å².